The maximum absolute atomic E-state index is 12.0. The molecular weight excluding hydrogens is 276 g/mol. The maximum atomic E-state index is 12.0. The van der Waals surface area contributed by atoms with Crippen LogP contribution in [0.4, 0.5) is 9.93 Å². The SMILES string of the molecule is CCCCCc1nnc(NC(=O)N2CCCC(O)C2)s1. The minimum atomic E-state index is -0.409. The highest BCUT2D eigenvalue weighted by molar-refractivity contribution is 7.15. The highest BCUT2D eigenvalue weighted by Crippen LogP contribution is 2.19. The number of piperidine rings is 1. The third-order valence-electron chi connectivity index (χ3n) is 3.36. The van der Waals surface area contributed by atoms with E-state index in [9.17, 15) is 9.90 Å². The van der Waals surface area contributed by atoms with E-state index >= 15 is 0 Å². The largest absolute Gasteiger partial charge is 0.391 e. The molecule has 0 aromatic carbocycles. The summed E-state index contributed by atoms with van der Waals surface area (Å²) < 4.78 is 0. The minimum absolute atomic E-state index is 0.194. The first-order chi connectivity index (χ1) is 9.69. The Balaban J connectivity index is 1.81. The van der Waals surface area contributed by atoms with Gasteiger partial charge in [-0.2, -0.15) is 0 Å². The second-order valence-corrected chi connectivity index (χ2v) is 6.19. The number of likely N-dealkylation sites (tertiary alicyclic amines) is 1. The molecule has 1 fully saturated rings. The van der Waals surface area contributed by atoms with Gasteiger partial charge in [0.2, 0.25) is 5.13 Å². The number of aliphatic hydroxyl groups is 1. The zero-order chi connectivity index (χ0) is 14.4. The summed E-state index contributed by atoms with van der Waals surface area (Å²) in [6, 6.07) is -0.194. The summed E-state index contributed by atoms with van der Waals surface area (Å²) in [6.45, 7) is 3.25. The van der Waals surface area contributed by atoms with Gasteiger partial charge in [-0.05, 0) is 19.3 Å². The molecule has 7 heteroatoms. The van der Waals surface area contributed by atoms with Crippen LogP contribution in [-0.4, -0.2) is 45.4 Å². The van der Waals surface area contributed by atoms with Crippen molar-refractivity contribution in [1.29, 1.82) is 0 Å². The van der Waals surface area contributed by atoms with E-state index in [1.807, 2.05) is 0 Å². The number of nitrogens with zero attached hydrogens (tertiary/aromatic N) is 3. The van der Waals surface area contributed by atoms with Gasteiger partial charge in [0.15, 0.2) is 0 Å². The van der Waals surface area contributed by atoms with Crippen LogP contribution in [0.3, 0.4) is 0 Å². The van der Waals surface area contributed by atoms with Crippen molar-refractivity contribution in [3.05, 3.63) is 5.01 Å². The quantitative estimate of drug-likeness (QED) is 0.817. The molecule has 1 atom stereocenters. The first kappa shape index (κ1) is 15.2. The Hall–Kier alpha value is -1.21. The number of hydrogen-bond donors (Lipinski definition) is 2. The first-order valence-corrected chi connectivity index (χ1v) is 8.07. The van der Waals surface area contributed by atoms with Gasteiger partial charge < -0.3 is 10.0 Å². The molecule has 1 unspecified atom stereocenters. The lowest BCUT2D eigenvalue weighted by molar-refractivity contribution is 0.0883. The van der Waals surface area contributed by atoms with Crippen LogP contribution in [0, 0.1) is 0 Å². The third-order valence-corrected chi connectivity index (χ3v) is 4.26. The van der Waals surface area contributed by atoms with Crippen molar-refractivity contribution in [2.24, 2.45) is 0 Å². The number of urea groups is 1. The molecule has 1 aliphatic rings. The first-order valence-electron chi connectivity index (χ1n) is 7.25. The molecule has 1 aromatic heterocycles. The molecule has 0 aliphatic carbocycles. The Kier molecular flexibility index (Phi) is 5.72. The van der Waals surface area contributed by atoms with Gasteiger partial charge >= 0.3 is 6.03 Å². The van der Waals surface area contributed by atoms with Crippen molar-refractivity contribution in [2.75, 3.05) is 18.4 Å². The molecule has 2 amide bonds. The highest BCUT2D eigenvalue weighted by Gasteiger charge is 2.22. The Morgan fingerprint density at radius 3 is 3.10 bits per heavy atom. The van der Waals surface area contributed by atoms with Gasteiger partial charge in [0.05, 0.1) is 6.10 Å². The van der Waals surface area contributed by atoms with E-state index in [4.69, 9.17) is 0 Å². The van der Waals surface area contributed by atoms with Gasteiger partial charge in [0.25, 0.3) is 0 Å². The predicted molar refractivity (Wildman–Crippen MR) is 79.0 cm³/mol. The standard InChI is InChI=1S/C13H22N4O2S/c1-2-3-4-7-11-15-16-12(20-11)14-13(19)17-8-5-6-10(18)9-17/h10,18H,2-9H2,1H3,(H,14,16,19). The highest BCUT2D eigenvalue weighted by atomic mass is 32.1. The number of carbonyl (C=O) groups excluding carboxylic acids is 1. The molecule has 0 bridgehead atoms. The molecule has 0 radical (unpaired) electrons. The number of hydrogen-bond acceptors (Lipinski definition) is 5. The average Bonchev–Trinajstić information content (AvgIpc) is 2.86. The fourth-order valence-corrected chi connectivity index (χ4v) is 3.01. The number of unbranched alkanes of at least 4 members (excludes halogenated alkanes) is 2. The summed E-state index contributed by atoms with van der Waals surface area (Å²) >= 11 is 1.43. The van der Waals surface area contributed by atoms with Crippen LogP contribution in [0.15, 0.2) is 0 Å². The van der Waals surface area contributed by atoms with E-state index in [1.54, 1.807) is 4.90 Å². The number of aliphatic hydroxyl groups excluding tert-OH is 1. The van der Waals surface area contributed by atoms with Gasteiger partial charge in [-0.15, -0.1) is 10.2 Å². The van der Waals surface area contributed by atoms with Crippen LogP contribution in [0.25, 0.3) is 0 Å². The van der Waals surface area contributed by atoms with Crippen molar-refractivity contribution in [2.45, 2.75) is 51.6 Å². The summed E-state index contributed by atoms with van der Waals surface area (Å²) in [6.07, 6.45) is 5.60. The molecule has 0 spiro atoms. The molecule has 2 rings (SSSR count). The molecule has 6 nitrogen and oxygen atoms in total. The van der Waals surface area contributed by atoms with Gasteiger partial charge in [0, 0.05) is 19.5 Å². The lowest BCUT2D eigenvalue weighted by Crippen LogP contribution is -2.44. The van der Waals surface area contributed by atoms with E-state index in [0.717, 1.165) is 30.7 Å². The van der Waals surface area contributed by atoms with Gasteiger partial charge in [-0.3, -0.25) is 5.32 Å². The summed E-state index contributed by atoms with van der Waals surface area (Å²) in [5.41, 5.74) is 0. The Bertz CT molecular complexity index is 438. The third kappa shape index (κ3) is 4.42. The molecule has 20 heavy (non-hydrogen) atoms. The molecule has 1 aromatic rings. The van der Waals surface area contributed by atoms with E-state index in [1.165, 1.54) is 24.2 Å². The van der Waals surface area contributed by atoms with Crippen molar-refractivity contribution in [3.63, 3.8) is 0 Å². The molecule has 1 aliphatic heterocycles. The lowest BCUT2D eigenvalue weighted by Gasteiger charge is -2.29. The zero-order valence-corrected chi connectivity index (χ0v) is 12.7. The fourth-order valence-electron chi connectivity index (χ4n) is 2.24. The van der Waals surface area contributed by atoms with Crippen molar-refractivity contribution >= 4 is 22.5 Å². The van der Waals surface area contributed by atoms with Gasteiger partial charge in [-0.1, -0.05) is 31.1 Å². The van der Waals surface area contributed by atoms with E-state index < -0.39 is 6.10 Å². The van der Waals surface area contributed by atoms with Gasteiger partial charge in [0.1, 0.15) is 5.01 Å². The fraction of sp³-hybridized carbons (Fsp3) is 0.769. The number of aromatic nitrogens is 2. The number of amides is 2. The van der Waals surface area contributed by atoms with Crippen molar-refractivity contribution < 1.29 is 9.90 Å². The minimum Gasteiger partial charge on any atom is -0.391 e. The lowest BCUT2D eigenvalue weighted by atomic mass is 10.1. The predicted octanol–water partition coefficient (Wildman–Crippen LogP) is 2.26. The molecule has 112 valence electrons. The smallest absolute Gasteiger partial charge is 0.323 e. The topological polar surface area (TPSA) is 78.4 Å². The molecule has 1 saturated heterocycles. The number of rotatable bonds is 5. The maximum Gasteiger partial charge on any atom is 0.323 e. The molecule has 0 saturated carbocycles. The summed E-state index contributed by atoms with van der Waals surface area (Å²) in [7, 11) is 0. The number of aryl methyl sites for hydroxylation is 1. The van der Waals surface area contributed by atoms with E-state index in [0.29, 0.717) is 18.2 Å². The normalized spacial score (nSPS) is 19.1. The summed E-state index contributed by atoms with van der Waals surface area (Å²) in [5, 5.41) is 21.9. The van der Waals surface area contributed by atoms with Crippen LogP contribution in [0.5, 0.6) is 0 Å². The van der Waals surface area contributed by atoms with Crippen LogP contribution in [0.1, 0.15) is 44.0 Å². The number of carbonyl (C=O) groups is 1. The summed E-state index contributed by atoms with van der Waals surface area (Å²) in [4.78, 5) is 13.7. The summed E-state index contributed by atoms with van der Waals surface area (Å²) in [5.74, 6) is 0. The Labute approximate surface area is 123 Å². The van der Waals surface area contributed by atoms with Crippen LogP contribution in [0.2, 0.25) is 0 Å². The number of anilines is 1. The van der Waals surface area contributed by atoms with Crippen molar-refractivity contribution in [3.8, 4) is 0 Å². The molecular formula is C13H22N4O2S. The van der Waals surface area contributed by atoms with Crippen molar-refractivity contribution in [1.82, 2.24) is 15.1 Å². The second-order valence-electron chi connectivity index (χ2n) is 5.13. The van der Waals surface area contributed by atoms with Crippen LogP contribution < -0.4 is 5.32 Å². The molecule has 2 N–H and O–H groups in total. The van der Waals surface area contributed by atoms with Crippen LogP contribution in [-0.2, 0) is 6.42 Å². The Morgan fingerprint density at radius 1 is 1.50 bits per heavy atom. The number of nitrogens with one attached hydrogen (secondary N) is 1. The van der Waals surface area contributed by atoms with Gasteiger partial charge in [-0.25, -0.2) is 4.79 Å². The number of β-amino-alcohol motifs (C(OH)–C–C–N with tert-alkyl or cyclic N) is 1. The van der Waals surface area contributed by atoms with E-state index in [2.05, 4.69) is 22.4 Å². The monoisotopic (exact) mass is 298 g/mol. The zero-order valence-electron chi connectivity index (χ0n) is 11.8. The average molecular weight is 298 g/mol. The Morgan fingerprint density at radius 2 is 2.35 bits per heavy atom. The second kappa shape index (κ2) is 7.54. The molecule has 2 heterocycles. The van der Waals surface area contributed by atoms with E-state index in [-0.39, 0.29) is 6.03 Å². The van der Waals surface area contributed by atoms with Crippen LogP contribution >= 0.6 is 11.3 Å².